The average molecular weight is 257 g/mol. The van der Waals surface area contributed by atoms with Crippen LogP contribution < -0.4 is 5.32 Å². The molecule has 0 aliphatic heterocycles. The molecule has 0 aliphatic rings. The van der Waals surface area contributed by atoms with Crippen molar-refractivity contribution in [1.29, 1.82) is 0 Å². The fourth-order valence-electron chi connectivity index (χ4n) is 1.68. The van der Waals surface area contributed by atoms with E-state index in [1.807, 2.05) is 6.07 Å². The quantitative estimate of drug-likeness (QED) is 0.762. The smallest absolute Gasteiger partial charge is 0.0621 e. The normalized spacial score (nSPS) is 14.6. The molecule has 96 valence electrons. The topological polar surface area (TPSA) is 34.1 Å². The van der Waals surface area contributed by atoms with Gasteiger partial charge in [0.05, 0.1) is 11.6 Å². The Morgan fingerprint density at radius 1 is 1.47 bits per heavy atom. The van der Waals surface area contributed by atoms with Crippen molar-refractivity contribution in [1.82, 2.24) is 10.3 Å². The monoisotopic (exact) mass is 256 g/mol. The summed E-state index contributed by atoms with van der Waals surface area (Å²) in [5.74, 6) is 0.520. The maximum absolute atomic E-state index is 6.10. The Bertz CT molecular complexity index is 333. The summed E-state index contributed by atoms with van der Waals surface area (Å²) in [6.07, 6.45) is 4.45. The third-order valence-corrected chi connectivity index (χ3v) is 3.36. The van der Waals surface area contributed by atoms with Gasteiger partial charge in [0.15, 0.2) is 0 Å². The average Bonchev–Trinajstić information content (AvgIpc) is 2.32. The van der Waals surface area contributed by atoms with Crippen LogP contribution in [-0.2, 0) is 11.2 Å². The molecule has 2 atom stereocenters. The summed E-state index contributed by atoms with van der Waals surface area (Å²) in [5.41, 5.74) is 1.16. The van der Waals surface area contributed by atoms with Gasteiger partial charge in [-0.2, -0.15) is 0 Å². The largest absolute Gasteiger partial charge is 0.383 e. The number of ether oxygens (including phenoxy) is 1. The second-order valence-corrected chi connectivity index (χ2v) is 4.79. The highest BCUT2D eigenvalue weighted by molar-refractivity contribution is 6.31. The number of hydrogen-bond acceptors (Lipinski definition) is 3. The molecule has 17 heavy (non-hydrogen) atoms. The number of nitrogens with one attached hydrogen (secondary N) is 1. The number of methoxy groups -OCH3 is 1. The standard InChI is InChI=1S/C13H21ClN2O/c1-10(11(2)16-6-7-17-3)8-12-4-5-15-9-13(12)14/h4-5,9-11,16H,6-8H2,1-3H3. The Balaban J connectivity index is 2.43. The minimum Gasteiger partial charge on any atom is -0.383 e. The lowest BCUT2D eigenvalue weighted by atomic mass is 9.95. The van der Waals surface area contributed by atoms with Crippen LogP contribution in [0.15, 0.2) is 18.5 Å². The van der Waals surface area contributed by atoms with Crippen molar-refractivity contribution < 1.29 is 4.74 Å². The second kappa shape index (κ2) is 7.64. The SMILES string of the molecule is COCCNC(C)C(C)Cc1ccncc1Cl. The molecule has 0 aliphatic carbocycles. The maximum Gasteiger partial charge on any atom is 0.0621 e. The second-order valence-electron chi connectivity index (χ2n) is 4.38. The highest BCUT2D eigenvalue weighted by Crippen LogP contribution is 2.19. The van der Waals surface area contributed by atoms with Crippen LogP contribution in [-0.4, -0.2) is 31.3 Å². The van der Waals surface area contributed by atoms with Crippen molar-refractivity contribution in [2.75, 3.05) is 20.3 Å². The number of rotatable bonds is 7. The van der Waals surface area contributed by atoms with Gasteiger partial charge >= 0.3 is 0 Å². The summed E-state index contributed by atoms with van der Waals surface area (Å²) in [6.45, 7) is 6.04. The molecule has 0 saturated carbocycles. The first-order valence-corrected chi connectivity index (χ1v) is 6.33. The van der Waals surface area contributed by atoms with Gasteiger partial charge in [0.2, 0.25) is 0 Å². The molecule has 1 aromatic heterocycles. The molecule has 3 nitrogen and oxygen atoms in total. The maximum atomic E-state index is 6.10. The van der Waals surface area contributed by atoms with E-state index in [-0.39, 0.29) is 0 Å². The Hall–Kier alpha value is -0.640. The van der Waals surface area contributed by atoms with Crippen LogP contribution in [0.4, 0.5) is 0 Å². The lowest BCUT2D eigenvalue weighted by Crippen LogP contribution is -2.35. The Kier molecular flexibility index (Phi) is 6.48. The fraction of sp³-hybridized carbons (Fsp3) is 0.615. The van der Waals surface area contributed by atoms with E-state index in [9.17, 15) is 0 Å². The molecule has 1 N–H and O–H groups in total. The first-order valence-electron chi connectivity index (χ1n) is 5.96. The summed E-state index contributed by atoms with van der Waals surface area (Å²) in [7, 11) is 1.71. The fourth-order valence-corrected chi connectivity index (χ4v) is 1.88. The molecule has 0 saturated heterocycles. The molecule has 1 heterocycles. The van der Waals surface area contributed by atoms with Crippen LogP contribution in [0, 0.1) is 5.92 Å². The van der Waals surface area contributed by atoms with Crippen molar-refractivity contribution in [3.8, 4) is 0 Å². The first kappa shape index (κ1) is 14.4. The van der Waals surface area contributed by atoms with Gasteiger partial charge < -0.3 is 10.1 Å². The Morgan fingerprint density at radius 3 is 2.88 bits per heavy atom. The van der Waals surface area contributed by atoms with Crippen LogP contribution in [0.5, 0.6) is 0 Å². The molecule has 0 aromatic carbocycles. The third kappa shape index (κ3) is 5.02. The highest BCUT2D eigenvalue weighted by atomic mass is 35.5. The summed E-state index contributed by atoms with van der Waals surface area (Å²) in [4.78, 5) is 3.99. The number of halogens is 1. The molecule has 0 bridgehead atoms. The zero-order chi connectivity index (χ0) is 12.7. The molecule has 2 unspecified atom stereocenters. The summed E-state index contributed by atoms with van der Waals surface area (Å²) >= 11 is 6.10. The minimum absolute atomic E-state index is 0.439. The molecule has 4 heteroatoms. The lowest BCUT2D eigenvalue weighted by Gasteiger charge is -2.21. The zero-order valence-electron chi connectivity index (χ0n) is 10.7. The zero-order valence-corrected chi connectivity index (χ0v) is 11.5. The van der Waals surface area contributed by atoms with E-state index in [4.69, 9.17) is 16.3 Å². The third-order valence-electron chi connectivity index (χ3n) is 3.02. The van der Waals surface area contributed by atoms with Gasteiger partial charge in [-0.15, -0.1) is 0 Å². The minimum atomic E-state index is 0.439. The predicted octanol–water partition coefficient (Wildman–Crippen LogP) is 2.54. The van der Waals surface area contributed by atoms with Gasteiger partial charge in [-0.1, -0.05) is 18.5 Å². The van der Waals surface area contributed by atoms with Gasteiger partial charge in [0, 0.05) is 32.1 Å². The van der Waals surface area contributed by atoms with E-state index in [2.05, 4.69) is 24.1 Å². The Morgan fingerprint density at radius 2 is 2.24 bits per heavy atom. The molecule has 0 amide bonds. The molecule has 0 fully saturated rings. The number of pyridine rings is 1. The van der Waals surface area contributed by atoms with Gasteiger partial charge in [0.25, 0.3) is 0 Å². The molecule has 1 aromatic rings. The van der Waals surface area contributed by atoms with E-state index in [0.29, 0.717) is 12.0 Å². The van der Waals surface area contributed by atoms with E-state index >= 15 is 0 Å². The Labute approximate surface area is 109 Å². The van der Waals surface area contributed by atoms with Crippen LogP contribution in [0.3, 0.4) is 0 Å². The molecule has 0 radical (unpaired) electrons. The van der Waals surface area contributed by atoms with Gasteiger partial charge in [-0.05, 0) is 30.9 Å². The van der Waals surface area contributed by atoms with Gasteiger partial charge in [-0.25, -0.2) is 0 Å². The lowest BCUT2D eigenvalue weighted by molar-refractivity contribution is 0.192. The van der Waals surface area contributed by atoms with Crippen molar-refractivity contribution in [2.45, 2.75) is 26.3 Å². The van der Waals surface area contributed by atoms with E-state index in [0.717, 1.165) is 30.2 Å². The van der Waals surface area contributed by atoms with Crippen LogP contribution in [0.25, 0.3) is 0 Å². The summed E-state index contributed by atoms with van der Waals surface area (Å²) < 4.78 is 5.02. The predicted molar refractivity (Wildman–Crippen MR) is 71.5 cm³/mol. The summed E-state index contributed by atoms with van der Waals surface area (Å²) in [5, 5.41) is 4.19. The van der Waals surface area contributed by atoms with E-state index < -0.39 is 0 Å². The first-order chi connectivity index (χ1) is 8.15. The van der Waals surface area contributed by atoms with Crippen molar-refractivity contribution in [3.63, 3.8) is 0 Å². The van der Waals surface area contributed by atoms with Crippen LogP contribution in [0.2, 0.25) is 5.02 Å². The number of aromatic nitrogens is 1. The number of nitrogens with zero attached hydrogens (tertiary/aromatic N) is 1. The van der Waals surface area contributed by atoms with Gasteiger partial charge in [-0.3, -0.25) is 4.98 Å². The molecule has 0 spiro atoms. The number of hydrogen-bond donors (Lipinski definition) is 1. The van der Waals surface area contributed by atoms with Crippen molar-refractivity contribution >= 4 is 11.6 Å². The molecular formula is C13H21ClN2O. The van der Waals surface area contributed by atoms with Crippen molar-refractivity contribution in [2.24, 2.45) is 5.92 Å². The van der Waals surface area contributed by atoms with E-state index in [1.54, 1.807) is 19.5 Å². The summed E-state index contributed by atoms with van der Waals surface area (Å²) in [6, 6.07) is 2.43. The van der Waals surface area contributed by atoms with Crippen LogP contribution in [0.1, 0.15) is 19.4 Å². The van der Waals surface area contributed by atoms with Gasteiger partial charge in [0.1, 0.15) is 0 Å². The van der Waals surface area contributed by atoms with E-state index in [1.165, 1.54) is 0 Å². The van der Waals surface area contributed by atoms with Crippen LogP contribution >= 0.6 is 11.6 Å². The van der Waals surface area contributed by atoms with Crippen molar-refractivity contribution in [3.05, 3.63) is 29.0 Å². The molecular weight excluding hydrogens is 236 g/mol. The molecule has 1 rings (SSSR count). The highest BCUT2D eigenvalue weighted by Gasteiger charge is 2.13.